The molecule has 0 radical (unpaired) electrons. The van der Waals surface area contributed by atoms with Crippen LogP contribution < -0.4 is 0 Å². The number of nitrogens with zero attached hydrogens (tertiary/aromatic N) is 2. The van der Waals surface area contributed by atoms with Crippen LogP contribution in [0.15, 0.2) is 47.6 Å². The highest BCUT2D eigenvalue weighted by molar-refractivity contribution is 7.90. The molecule has 1 aliphatic rings. The minimum atomic E-state index is -3.64. The Hall–Kier alpha value is -2.21. The number of nitrogens with one attached hydrogen (secondary N) is 1. The summed E-state index contributed by atoms with van der Waals surface area (Å²) >= 11 is 0. The van der Waals surface area contributed by atoms with Crippen molar-refractivity contribution in [3.8, 4) is 0 Å². The van der Waals surface area contributed by atoms with Crippen molar-refractivity contribution >= 4 is 15.9 Å². The summed E-state index contributed by atoms with van der Waals surface area (Å²) in [7, 11) is -3.64. The van der Waals surface area contributed by atoms with Gasteiger partial charge in [-0.05, 0) is 30.2 Å². The molecule has 3 rings (SSSR count). The van der Waals surface area contributed by atoms with E-state index in [9.17, 15) is 8.42 Å². The van der Waals surface area contributed by atoms with Gasteiger partial charge in [0.2, 0.25) is 0 Å². The molecule has 6 heteroatoms. The second kappa shape index (κ2) is 4.42. The first-order valence-electron chi connectivity index (χ1n) is 6.12. The van der Waals surface area contributed by atoms with Crippen LogP contribution in [-0.4, -0.2) is 23.5 Å². The van der Waals surface area contributed by atoms with Gasteiger partial charge in [-0.3, -0.25) is 10.4 Å². The van der Waals surface area contributed by atoms with E-state index in [1.165, 1.54) is 0 Å². The molecule has 0 bridgehead atoms. The average Bonchev–Trinajstić information content (AvgIpc) is 2.62. The molecule has 1 aromatic carbocycles. The highest BCUT2D eigenvalue weighted by atomic mass is 32.2. The van der Waals surface area contributed by atoms with E-state index in [0.717, 1.165) is 15.4 Å². The fourth-order valence-corrected chi connectivity index (χ4v) is 4.00. The highest BCUT2D eigenvalue weighted by Crippen LogP contribution is 2.33. The largest absolute Gasteiger partial charge is 0.283 e. The van der Waals surface area contributed by atoms with Crippen molar-refractivity contribution in [3.63, 3.8) is 0 Å². The monoisotopic (exact) mass is 287 g/mol. The zero-order valence-corrected chi connectivity index (χ0v) is 11.7. The smallest absolute Gasteiger partial charge is 0.266 e. The lowest BCUT2D eigenvalue weighted by Crippen LogP contribution is -2.29. The van der Waals surface area contributed by atoms with E-state index in [2.05, 4.69) is 4.98 Å². The zero-order valence-electron chi connectivity index (χ0n) is 10.9. The number of rotatable bonds is 2. The first-order valence-corrected chi connectivity index (χ1v) is 7.56. The van der Waals surface area contributed by atoms with Crippen LogP contribution in [0.4, 0.5) is 0 Å². The summed E-state index contributed by atoms with van der Waals surface area (Å²) < 4.78 is 26.2. The van der Waals surface area contributed by atoms with Crippen LogP contribution in [0, 0.1) is 12.3 Å². The van der Waals surface area contributed by atoms with Crippen molar-refractivity contribution in [1.29, 1.82) is 5.41 Å². The van der Waals surface area contributed by atoms with Crippen molar-refractivity contribution in [1.82, 2.24) is 9.29 Å². The van der Waals surface area contributed by atoms with Gasteiger partial charge in [0, 0.05) is 18.0 Å². The van der Waals surface area contributed by atoms with Gasteiger partial charge >= 0.3 is 0 Å². The summed E-state index contributed by atoms with van der Waals surface area (Å²) in [6.07, 6.45) is 3.24. The molecule has 0 unspecified atom stereocenters. The Kier molecular flexibility index (Phi) is 2.83. The molecule has 5 nitrogen and oxygen atoms in total. The maximum Gasteiger partial charge on any atom is 0.266 e. The molecule has 102 valence electrons. The van der Waals surface area contributed by atoms with Crippen LogP contribution in [0.1, 0.15) is 16.7 Å². The van der Waals surface area contributed by atoms with Crippen molar-refractivity contribution in [2.75, 3.05) is 0 Å². The van der Waals surface area contributed by atoms with Gasteiger partial charge in [0.15, 0.2) is 0 Å². The van der Waals surface area contributed by atoms with Gasteiger partial charge < -0.3 is 0 Å². The normalized spacial score (nSPS) is 16.2. The van der Waals surface area contributed by atoms with E-state index < -0.39 is 10.0 Å². The van der Waals surface area contributed by atoms with E-state index in [4.69, 9.17) is 5.41 Å². The second-order valence-corrected chi connectivity index (χ2v) is 6.50. The molecule has 2 heterocycles. The third-order valence-corrected chi connectivity index (χ3v) is 5.13. The Morgan fingerprint density at radius 2 is 2.05 bits per heavy atom. The number of pyridine rings is 1. The van der Waals surface area contributed by atoms with Gasteiger partial charge in [-0.1, -0.05) is 18.2 Å². The van der Waals surface area contributed by atoms with Gasteiger partial charge in [0.05, 0.1) is 11.4 Å². The Balaban J connectivity index is 2.08. The Morgan fingerprint density at radius 1 is 1.25 bits per heavy atom. The minimum absolute atomic E-state index is 0.0296. The molecule has 1 aromatic heterocycles. The third kappa shape index (κ3) is 1.80. The lowest BCUT2D eigenvalue weighted by molar-refractivity contribution is 0.526. The minimum Gasteiger partial charge on any atom is -0.283 e. The number of aromatic nitrogens is 1. The molecule has 1 aliphatic heterocycles. The summed E-state index contributed by atoms with van der Waals surface area (Å²) in [6.45, 7) is 1.94. The summed E-state index contributed by atoms with van der Waals surface area (Å²) in [5.74, 6) is 0.0296. The predicted octanol–water partition coefficient (Wildman–Crippen LogP) is 1.92. The highest BCUT2D eigenvalue weighted by Gasteiger charge is 2.39. The Labute approximate surface area is 117 Å². The number of benzene rings is 1. The molecule has 1 N–H and O–H groups in total. The van der Waals surface area contributed by atoms with Crippen molar-refractivity contribution < 1.29 is 8.42 Å². The Bertz CT molecular complexity index is 785. The molecule has 0 amide bonds. The summed E-state index contributed by atoms with van der Waals surface area (Å²) in [4.78, 5) is 4.19. The molecule has 2 aromatic rings. The van der Waals surface area contributed by atoms with Crippen molar-refractivity contribution in [2.24, 2.45) is 0 Å². The number of aryl methyl sites for hydroxylation is 1. The third-order valence-electron chi connectivity index (χ3n) is 3.34. The first kappa shape index (κ1) is 12.8. The summed E-state index contributed by atoms with van der Waals surface area (Å²) in [5, 5.41) is 8.16. The quantitative estimate of drug-likeness (QED) is 0.917. The maximum atomic E-state index is 12.5. The molecule has 0 aliphatic carbocycles. The van der Waals surface area contributed by atoms with Crippen molar-refractivity contribution in [3.05, 3.63) is 59.4 Å². The van der Waals surface area contributed by atoms with Crippen LogP contribution in [0.25, 0.3) is 0 Å². The lowest BCUT2D eigenvalue weighted by atomic mass is 10.1. The first-order chi connectivity index (χ1) is 9.51. The maximum absolute atomic E-state index is 12.5. The van der Waals surface area contributed by atoms with Crippen LogP contribution in [0.3, 0.4) is 0 Å². The van der Waals surface area contributed by atoms with Gasteiger partial charge in [-0.2, -0.15) is 0 Å². The molecular formula is C14H13N3O2S. The van der Waals surface area contributed by atoms with Crippen LogP contribution in [0.5, 0.6) is 0 Å². The standard InChI is InChI=1S/C14H13N3O2S/c1-10-4-2-6-12-13(10)14(15)17(20(12,18)19)9-11-5-3-7-16-8-11/h2-8,15H,9H2,1H3. The molecule has 0 saturated heterocycles. The fourth-order valence-electron chi connectivity index (χ4n) is 2.34. The van der Waals surface area contributed by atoms with E-state index in [1.807, 2.05) is 13.0 Å². The van der Waals surface area contributed by atoms with E-state index >= 15 is 0 Å². The van der Waals surface area contributed by atoms with Gasteiger partial charge in [-0.15, -0.1) is 0 Å². The van der Waals surface area contributed by atoms with Gasteiger partial charge in [-0.25, -0.2) is 12.7 Å². The summed E-state index contributed by atoms with van der Waals surface area (Å²) in [5.41, 5.74) is 2.05. The molecule has 20 heavy (non-hydrogen) atoms. The van der Waals surface area contributed by atoms with Crippen LogP contribution in [-0.2, 0) is 16.6 Å². The fraction of sp³-hybridized carbons (Fsp3) is 0.143. The SMILES string of the molecule is Cc1cccc2c1C(=N)N(Cc1cccnc1)S2(=O)=O. The molecule has 0 spiro atoms. The lowest BCUT2D eigenvalue weighted by Gasteiger charge is -2.16. The van der Waals surface area contributed by atoms with E-state index in [-0.39, 0.29) is 17.3 Å². The van der Waals surface area contributed by atoms with Crippen LogP contribution in [0.2, 0.25) is 0 Å². The molecule has 0 fully saturated rings. The van der Waals surface area contributed by atoms with E-state index in [1.54, 1.807) is 36.7 Å². The second-order valence-electron chi connectivity index (χ2n) is 4.67. The van der Waals surface area contributed by atoms with E-state index in [0.29, 0.717) is 5.56 Å². The number of sulfonamides is 1. The van der Waals surface area contributed by atoms with Crippen molar-refractivity contribution in [2.45, 2.75) is 18.4 Å². The topological polar surface area (TPSA) is 74.1 Å². The molecular weight excluding hydrogens is 274 g/mol. The van der Waals surface area contributed by atoms with Crippen LogP contribution >= 0.6 is 0 Å². The average molecular weight is 287 g/mol. The molecule has 0 atom stereocenters. The zero-order chi connectivity index (χ0) is 14.3. The number of hydrogen-bond donors (Lipinski definition) is 1. The summed E-state index contributed by atoms with van der Waals surface area (Å²) in [6, 6.07) is 8.62. The number of fused-ring (bicyclic) bond motifs is 1. The molecule has 0 saturated carbocycles. The number of amidine groups is 1. The number of hydrogen-bond acceptors (Lipinski definition) is 4. The Morgan fingerprint density at radius 3 is 2.70 bits per heavy atom. The predicted molar refractivity (Wildman–Crippen MR) is 75.0 cm³/mol. The van der Waals surface area contributed by atoms with Gasteiger partial charge in [0.25, 0.3) is 10.0 Å². The van der Waals surface area contributed by atoms with Gasteiger partial charge in [0.1, 0.15) is 5.84 Å².